The Labute approximate surface area is 215 Å². The molecule has 1 saturated heterocycles. The van der Waals surface area contributed by atoms with E-state index in [9.17, 15) is 29.2 Å². The Balaban J connectivity index is 1.46. The highest BCUT2D eigenvalue weighted by Crippen LogP contribution is 2.67. The van der Waals surface area contributed by atoms with E-state index in [0.717, 1.165) is 0 Å². The van der Waals surface area contributed by atoms with Crippen molar-refractivity contribution in [3.8, 4) is 0 Å². The highest BCUT2D eigenvalue weighted by molar-refractivity contribution is 7.54. The normalized spacial score (nSPS) is 28.3. The van der Waals surface area contributed by atoms with E-state index in [1.807, 2.05) is 0 Å². The SMILES string of the molecule is CCOC(=O)CNP(=O)(NCC(=O)OCC)OC[C@H]1OC2(C)[C@@H](n3cnc4c(=O)[nH]c(N)nc43)C2(O)C1O. The van der Waals surface area contributed by atoms with Crippen LogP contribution in [0.25, 0.3) is 11.2 Å². The molecule has 2 aromatic rings. The fourth-order valence-electron chi connectivity index (χ4n) is 4.68. The Bertz CT molecular complexity index is 1310. The number of aliphatic hydroxyl groups is 2. The van der Waals surface area contributed by atoms with E-state index >= 15 is 0 Å². The molecule has 7 N–H and O–H groups in total. The maximum absolute atomic E-state index is 13.3. The molecule has 17 nitrogen and oxygen atoms in total. The summed E-state index contributed by atoms with van der Waals surface area (Å²) >= 11 is 0. The van der Waals surface area contributed by atoms with E-state index < -0.39 is 74.3 Å². The lowest BCUT2D eigenvalue weighted by molar-refractivity contribution is -0.142. The van der Waals surface area contributed by atoms with Crippen molar-refractivity contribution < 1.29 is 43.1 Å². The standard InChI is InChI=1S/C20H30N7O10P/c1-4-34-11(28)6-23-38(33,24-7-12(29)35-5-2)36-8-10-14(30)20(32)17(19(20,3)37-10)27-9-22-13-15(27)25-18(21)26-16(13)31/h9-10,14,17,30,32H,4-8H2,1-3H3,(H2,23,24,33)(H3,21,25,26,31)/t10-,14?,17-,19?,20?/m1/s1. The smallest absolute Gasteiger partial charge is 0.341 e. The monoisotopic (exact) mass is 559 g/mol. The zero-order valence-electron chi connectivity index (χ0n) is 20.9. The summed E-state index contributed by atoms with van der Waals surface area (Å²) in [4.78, 5) is 46.0. The van der Waals surface area contributed by atoms with Crippen LogP contribution < -0.4 is 21.5 Å². The molecule has 0 radical (unpaired) electrons. The number of hydrogen-bond donors (Lipinski definition) is 6. The van der Waals surface area contributed by atoms with Gasteiger partial charge >= 0.3 is 19.6 Å². The first-order valence-corrected chi connectivity index (χ1v) is 13.4. The largest absolute Gasteiger partial charge is 0.465 e. The van der Waals surface area contributed by atoms with Crippen LogP contribution in [-0.2, 0) is 32.9 Å². The van der Waals surface area contributed by atoms with E-state index in [1.165, 1.54) is 10.9 Å². The summed E-state index contributed by atoms with van der Waals surface area (Å²) in [6, 6.07) is -0.879. The number of H-pyrrole nitrogens is 1. The van der Waals surface area contributed by atoms with Gasteiger partial charge in [-0.3, -0.25) is 23.9 Å². The van der Waals surface area contributed by atoms with Crippen LogP contribution in [0.5, 0.6) is 0 Å². The van der Waals surface area contributed by atoms with Crippen molar-refractivity contribution in [3.63, 3.8) is 0 Å². The van der Waals surface area contributed by atoms with Gasteiger partial charge in [0.05, 0.1) is 26.1 Å². The maximum Gasteiger partial charge on any atom is 0.341 e. The predicted octanol–water partition coefficient (Wildman–Crippen LogP) is -2.06. The molecule has 5 atom stereocenters. The minimum Gasteiger partial charge on any atom is -0.465 e. The first-order valence-electron chi connectivity index (χ1n) is 11.8. The highest BCUT2D eigenvalue weighted by atomic mass is 31.2. The molecule has 2 fully saturated rings. The number of rotatable bonds is 12. The summed E-state index contributed by atoms with van der Waals surface area (Å²) in [7, 11) is -4.06. The van der Waals surface area contributed by atoms with Crippen LogP contribution in [0.4, 0.5) is 5.95 Å². The number of nitrogens with one attached hydrogen (secondary N) is 3. The van der Waals surface area contributed by atoms with Gasteiger partial charge in [0, 0.05) is 0 Å². The summed E-state index contributed by atoms with van der Waals surface area (Å²) in [6.07, 6.45) is -1.40. The number of anilines is 1. The van der Waals surface area contributed by atoms with Crippen LogP contribution in [0, 0.1) is 0 Å². The van der Waals surface area contributed by atoms with Crippen molar-refractivity contribution in [1.29, 1.82) is 0 Å². The molecular formula is C20H30N7O10P. The molecule has 1 aliphatic heterocycles. The molecule has 4 rings (SSSR count). The Kier molecular flexibility index (Phi) is 7.64. The second-order valence-electron chi connectivity index (χ2n) is 8.84. The summed E-state index contributed by atoms with van der Waals surface area (Å²) < 4.78 is 35.7. The average molecular weight is 559 g/mol. The van der Waals surface area contributed by atoms with Gasteiger partial charge in [0.2, 0.25) is 5.95 Å². The second kappa shape index (κ2) is 10.3. The van der Waals surface area contributed by atoms with E-state index in [4.69, 9.17) is 24.5 Å². The van der Waals surface area contributed by atoms with Crippen molar-refractivity contribution in [2.75, 3.05) is 38.6 Å². The van der Waals surface area contributed by atoms with Gasteiger partial charge in [-0.15, -0.1) is 0 Å². The number of nitrogens with zero attached hydrogens (tertiary/aromatic N) is 3. The van der Waals surface area contributed by atoms with Crippen LogP contribution in [0.3, 0.4) is 0 Å². The molecule has 2 aromatic heterocycles. The van der Waals surface area contributed by atoms with Gasteiger partial charge in [-0.25, -0.2) is 15.2 Å². The van der Waals surface area contributed by atoms with Gasteiger partial charge < -0.3 is 39.2 Å². The first kappa shape index (κ1) is 28.1. The third-order valence-electron chi connectivity index (χ3n) is 6.47. The Morgan fingerprint density at radius 1 is 1.26 bits per heavy atom. The molecule has 18 heteroatoms. The lowest BCUT2D eigenvalue weighted by atomic mass is 10.1. The molecular weight excluding hydrogens is 529 g/mol. The van der Waals surface area contributed by atoms with E-state index in [1.54, 1.807) is 20.8 Å². The third kappa shape index (κ3) is 4.82. The molecule has 2 aliphatic rings. The number of esters is 2. The van der Waals surface area contributed by atoms with Crippen LogP contribution in [0.2, 0.25) is 0 Å². The van der Waals surface area contributed by atoms with Crippen molar-refractivity contribution in [2.24, 2.45) is 0 Å². The Hall–Kier alpha value is -2.92. The van der Waals surface area contributed by atoms with Gasteiger partial charge in [-0.1, -0.05) is 0 Å². The molecule has 210 valence electrons. The van der Waals surface area contributed by atoms with Crippen LogP contribution >= 0.6 is 7.67 Å². The molecule has 0 aromatic carbocycles. The average Bonchev–Trinajstić information content (AvgIpc) is 3.09. The summed E-state index contributed by atoms with van der Waals surface area (Å²) in [5.41, 5.74) is 1.97. The second-order valence-corrected chi connectivity index (χ2v) is 10.8. The Morgan fingerprint density at radius 2 is 1.87 bits per heavy atom. The number of aromatic nitrogens is 4. The number of imidazole rings is 1. The number of aliphatic hydroxyl groups excluding tert-OH is 1. The number of fused-ring (bicyclic) bond motifs is 2. The zero-order chi connectivity index (χ0) is 27.9. The molecule has 0 spiro atoms. The van der Waals surface area contributed by atoms with Crippen molar-refractivity contribution in [1.82, 2.24) is 29.7 Å². The van der Waals surface area contributed by atoms with Gasteiger partial charge in [-0.05, 0) is 20.8 Å². The van der Waals surface area contributed by atoms with Gasteiger partial charge in [-0.2, -0.15) is 4.98 Å². The lowest BCUT2D eigenvalue weighted by Gasteiger charge is -2.26. The number of aromatic amines is 1. The van der Waals surface area contributed by atoms with E-state index in [0.29, 0.717) is 0 Å². The number of ether oxygens (including phenoxy) is 3. The van der Waals surface area contributed by atoms with E-state index in [2.05, 4.69) is 25.1 Å². The van der Waals surface area contributed by atoms with Crippen LogP contribution in [-0.4, -0.2) is 98.0 Å². The molecule has 0 amide bonds. The summed E-state index contributed by atoms with van der Waals surface area (Å²) in [5.74, 6) is -1.57. The minimum absolute atomic E-state index is 0.00738. The molecule has 3 unspecified atom stereocenters. The quantitative estimate of drug-likeness (QED) is 0.121. The topological polar surface area (TPSA) is 242 Å². The predicted molar refractivity (Wildman–Crippen MR) is 129 cm³/mol. The van der Waals surface area contributed by atoms with Crippen molar-refractivity contribution >= 4 is 36.7 Å². The zero-order valence-corrected chi connectivity index (χ0v) is 21.8. The fourth-order valence-corrected chi connectivity index (χ4v) is 6.00. The number of nitrogens with two attached hydrogens (primary N) is 1. The van der Waals surface area contributed by atoms with Crippen LogP contribution in [0.15, 0.2) is 11.1 Å². The lowest BCUT2D eigenvalue weighted by Crippen LogP contribution is -2.41. The van der Waals surface area contributed by atoms with Crippen molar-refractivity contribution in [3.05, 3.63) is 16.7 Å². The van der Waals surface area contributed by atoms with Crippen LogP contribution in [0.1, 0.15) is 26.8 Å². The van der Waals surface area contributed by atoms with Gasteiger partial charge in [0.25, 0.3) is 5.56 Å². The highest BCUT2D eigenvalue weighted by Gasteiger charge is 2.85. The number of carbonyl (C=O) groups is 2. The van der Waals surface area contributed by atoms with E-state index in [-0.39, 0.29) is 30.3 Å². The number of hydrogen-bond acceptors (Lipinski definition) is 13. The minimum atomic E-state index is -4.06. The first-order chi connectivity index (χ1) is 17.9. The summed E-state index contributed by atoms with van der Waals surface area (Å²) in [5, 5.41) is 27.1. The Morgan fingerprint density at radius 3 is 2.39 bits per heavy atom. The molecule has 3 heterocycles. The maximum atomic E-state index is 13.3. The van der Waals surface area contributed by atoms with Gasteiger partial charge in [0.1, 0.15) is 42.5 Å². The molecule has 38 heavy (non-hydrogen) atoms. The number of nitrogen functional groups attached to an aromatic ring is 1. The molecule has 0 bridgehead atoms. The molecule has 1 saturated carbocycles. The molecule has 1 aliphatic carbocycles. The van der Waals surface area contributed by atoms with Gasteiger partial charge in [0.15, 0.2) is 11.2 Å². The fraction of sp³-hybridized carbons (Fsp3) is 0.650. The third-order valence-corrected chi connectivity index (χ3v) is 8.13. The van der Waals surface area contributed by atoms with Crippen molar-refractivity contribution in [2.45, 2.75) is 50.2 Å². The number of carbonyl (C=O) groups excluding carboxylic acids is 2. The summed E-state index contributed by atoms with van der Waals surface area (Å²) in [6.45, 7) is 3.46.